The molecule has 2 aliphatic heterocycles. The Bertz CT molecular complexity index is 1780. The van der Waals surface area contributed by atoms with Gasteiger partial charge in [-0.2, -0.15) is 13.2 Å². The Morgan fingerprint density at radius 2 is 1.98 bits per heavy atom. The number of pyridine rings is 1. The van der Waals surface area contributed by atoms with Crippen LogP contribution < -0.4 is 9.47 Å². The number of halogens is 5. The van der Waals surface area contributed by atoms with Crippen LogP contribution >= 0.6 is 11.6 Å². The van der Waals surface area contributed by atoms with Crippen molar-refractivity contribution in [2.45, 2.75) is 57.8 Å². The second-order valence-corrected chi connectivity index (χ2v) is 11.5. The van der Waals surface area contributed by atoms with E-state index in [4.69, 9.17) is 30.8 Å². The number of ether oxygens (including phenoxy) is 3. The standard InChI is InChI=1S/C31H29ClF4N4O5/c1-16-27-17(9-22(31(34,35)36)29(38-27)45-15-18-3-4-20(32)12-23(18)33)5-7-39(16)14-26-37-28-24(40(26)13-21-6-8-44-21)10-19(30(41)42)11-25(28)43-2/h3-4,9-12,16,21H,5-8,13-15H2,1-2H3,(H,41,42)/t16-,21-/m0/s1. The lowest BCUT2D eigenvalue weighted by molar-refractivity contribution is -0.139. The number of hydrogen-bond donors (Lipinski definition) is 1. The highest BCUT2D eigenvalue weighted by Crippen LogP contribution is 2.40. The van der Waals surface area contributed by atoms with Crippen LogP contribution in [0.3, 0.4) is 0 Å². The molecule has 6 rings (SSSR count). The maximum atomic E-state index is 14.3. The van der Waals surface area contributed by atoms with E-state index in [1.165, 1.54) is 25.3 Å². The zero-order chi connectivity index (χ0) is 32.0. The first-order valence-electron chi connectivity index (χ1n) is 14.3. The summed E-state index contributed by atoms with van der Waals surface area (Å²) in [5, 5.41) is 9.84. The van der Waals surface area contributed by atoms with E-state index in [0.717, 1.165) is 18.6 Å². The molecule has 0 radical (unpaired) electrons. The molecule has 2 aliphatic rings. The van der Waals surface area contributed by atoms with E-state index in [1.54, 1.807) is 6.07 Å². The predicted molar refractivity (Wildman–Crippen MR) is 155 cm³/mol. The summed E-state index contributed by atoms with van der Waals surface area (Å²) in [5.41, 5.74) is 1.01. The fourth-order valence-electron chi connectivity index (χ4n) is 5.71. The molecule has 0 unspecified atom stereocenters. The number of alkyl halides is 3. The van der Waals surface area contributed by atoms with Gasteiger partial charge >= 0.3 is 12.1 Å². The molecule has 45 heavy (non-hydrogen) atoms. The molecule has 0 bridgehead atoms. The number of imidazole rings is 1. The van der Waals surface area contributed by atoms with Gasteiger partial charge in [0.05, 0.1) is 49.1 Å². The summed E-state index contributed by atoms with van der Waals surface area (Å²) in [6.45, 7) is 3.17. The van der Waals surface area contributed by atoms with Crippen molar-refractivity contribution in [1.82, 2.24) is 19.4 Å². The molecule has 14 heteroatoms. The van der Waals surface area contributed by atoms with Crippen molar-refractivity contribution in [2.75, 3.05) is 20.3 Å². The molecular formula is C31H29ClF4N4O5. The maximum Gasteiger partial charge on any atom is 0.421 e. The fourth-order valence-corrected chi connectivity index (χ4v) is 5.87. The number of methoxy groups -OCH3 is 1. The first-order chi connectivity index (χ1) is 21.4. The number of carboxylic acids is 1. The van der Waals surface area contributed by atoms with E-state index >= 15 is 0 Å². The number of rotatable bonds is 9. The van der Waals surface area contributed by atoms with Gasteiger partial charge < -0.3 is 23.9 Å². The Balaban J connectivity index is 1.33. The van der Waals surface area contributed by atoms with E-state index in [2.05, 4.69) is 4.98 Å². The molecule has 4 heterocycles. The normalized spacial score (nSPS) is 18.5. The van der Waals surface area contributed by atoms with Crippen molar-refractivity contribution in [1.29, 1.82) is 0 Å². The van der Waals surface area contributed by atoms with Gasteiger partial charge in [0.25, 0.3) is 0 Å². The minimum Gasteiger partial charge on any atom is -0.494 e. The molecule has 1 saturated heterocycles. The summed E-state index contributed by atoms with van der Waals surface area (Å²) in [4.78, 5) is 23.0. The third-order valence-corrected chi connectivity index (χ3v) is 8.52. The Morgan fingerprint density at radius 1 is 1.20 bits per heavy atom. The van der Waals surface area contributed by atoms with Gasteiger partial charge in [0.15, 0.2) is 0 Å². The van der Waals surface area contributed by atoms with Gasteiger partial charge in [-0.3, -0.25) is 4.90 Å². The average Bonchev–Trinajstić information content (AvgIpc) is 3.31. The fraction of sp³-hybridized carbons (Fsp3) is 0.387. The lowest BCUT2D eigenvalue weighted by Crippen LogP contribution is -2.36. The topological polar surface area (TPSA) is 98.9 Å². The van der Waals surface area contributed by atoms with Crippen molar-refractivity contribution >= 4 is 28.6 Å². The van der Waals surface area contributed by atoms with Crippen LogP contribution in [0.2, 0.25) is 5.02 Å². The van der Waals surface area contributed by atoms with Crippen molar-refractivity contribution in [3.8, 4) is 11.6 Å². The van der Waals surface area contributed by atoms with E-state index in [1.807, 2.05) is 16.4 Å². The molecule has 0 amide bonds. The minimum atomic E-state index is -4.74. The lowest BCUT2D eigenvalue weighted by Gasteiger charge is -2.35. The molecule has 1 fully saturated rings. The molecule has 2 aromatic carbocycles. The molecular weight excluding hydrogens is 620 g/mol. The van der Waals surface area contributed by atoms with Crippen molar-refractivity contribution in [3.63, 3.8) is 0 Å². The number of benzene rings is 2. The zero-order valence-electron chi connectivity index (χ0n) is 24.3. The van der Waals surface area contributed by atoms with Crippen LogP contribution in [0.15, 0.2) is 36.4 Å². The average molecular weight is 649 g/mol. The summed E-state index contributed by atoms with van der Waals surface area (Å²) in [6, 6.07) is 7.44. The summed E-state index contributed by atoms with van der Waals surface area (Å²) < 4.78 is 75.1. The smallest absolute Gasteiger partial charge is 0.421 e. The molecule has 0 saturated carbocycles. The monoisotopic (exact) mass is 648 g/mol. The Hall–Kier alpha value is -3.94. The SMILES string of the molecule is COc1cc(C(=O)O)cc2c1nc(CN1CCc3cc(C(F)(F)F)c(OCc4ccc(Cl)cc4F)nc3[C@@H]1C)n2C[C@@H]1CCO1. The van der Waals surface area contributed by atoms with Crippen LogP contribution in [0.5, 0.6) is 11.6 Å². The highest BCUT2D eigenvalue weighted by atomic mass is 35.5. The molecule has 1 N–H and O–H groups in total. The molecule has 2 aromatic heterocycles. The number of carbonyl (C=O) groups is 1. The van der Waals surface area contributed by atoms with Crippen LogP contribution in [0.4, 0.5) is 17.6 Å². The van der Waals surface area contributed by atoms with Gasteiger partial charge in [0, 0.05) is 23.7 Å². The number of aromatic carboxylic acids is 1. The van der Waals surface area contributed by atoms with Crippen molar-refractivity contribution < 1.29 is 41.7 Å². The first-order valence-corrected chi connectivity index (χ1v) is 14.6. The molecule has 9 nitrogen and oxygen atoms in total. The molecule has 2 atom stereocenters. The first kappa shape index (κ1) is 31.1. The molecule has 238 valence electrons. The number of hydrogen-bond acceptors (Lipinski definition) is 7. The molecule has 4 aromatic rings. The van der Waals surface area contributed by atoms with Gasteiger partial charge in [-0.1, -0.05) is 17.7 Å². The number of fused-ring (bicyclic) bond motifs is 2. The minimum absolute atomic E-state index is 0.0394. The Kier molecular flexibility index (Phi) is 8.35. The lowest BCUT2D eigenvalue weighted by atomic mass is 9.97. The summed E-state index contributed by atoms with van der Waals surface area (Å²) in [6.07, 6.45) is -3.66. The van der Waals surface area contributed by atoms with E-state index < -0.39 is 42.1 Å². The van der Waals surface area contributed by atoms with Crippen LogP contribution in [0.1, 0.15) is 58.0 Å². The molecule has 0 aliphatic carbocycles. The highest BCUT2D eigenvalue weighted by Gasteiger charge is 2.39. The van der Waals surface area contributed by atoms with Crippen LogP contribution in [0, 0.1) is 5.82 Å². The third kappa shape index (κ3) is 6.16. The van der Waals surface area contributed by atoms with Crippen LogP contribution in [-0.4, -0.2) is 56.9 Å². The Labute approximate surface area is 260 Å². The van der Waals surface area contributed by atoms with Crippen molar-refractivity contribution in [2.24, 2.45) is 0 Å². The number of aromatic nitrogens is 3. The summed E-state index contributed by atoms with van der Waals surface area (Å²) in [5.74, 6) is -1.50. The molecule has 0 spiro atoms. The van der Waals surface area contributed by atoms with Crippen LogP contribution in [-0.2, 0) is 37.0 Å². The van der Waals surface area contributed by atoms with E-state index in [-0.39, 0.29) is 22.3 Å². The predicted octanol–water partition coefficient (Wildman–Crippen LogP) is 6.44. The second kappa shape index (κ2) is 12.1. The van der Waals surface area contributed by atoms with Gasteiger partial charge in [-0.25, -0.2) is 19.2 Å². The summed E-state index contributed by atoms with van der Waals surface area (Å²) in [7, 11) is 1.44. The van der Waals surface area contributed by atoms with Gasteiger partial charge in [0.2, 0.25) is 5.88 Å². The van der Waals surface area contributed by atoms with E-state index in [9.17, 15) is 27.5 Å². The summed E-state index contributed by atoms with van der Waals surface area (Å²) >= 11 is 5.80. The van der Waals surface area contributed by atoms with Gasteiger partial charge in [-0.05, 0) is 55.7 Å². The number of carboxylic acid groups (broad SMARTS) is 1. The third-order valence-electron chi connectivity index (χ3n) is 8.29. The Morgan fingerprint density at radius 3 is 2.62 bits per heavy atom. The van der Waals surface area contributed by atoms with Crippen molar-refractivity contribution in [3.05, 3.63) is 81.0 Å². The number of nitrogens with zero attached hydrogens (tertiary/aromatic N) is 4. The zero-order valence-corrected chi connectivity index (χ0v) is 25.1. The van der Waals surface area contributed by atoms with E-state index in [0.29, 0.717) is 66.5 Å². The quantitative estimate of drug-likeness (QED) is 0.207. The van der Waals surface area contributed by atoms with Crippen LogP contribution in [0.25, 0.3) is 11.0 Å². The maximum absolute atomic E-state index is 14.3. The van der Waals surface area contributed by atoms with Gasteiger partial charge in [-0.15, -0.1) is 0 Å². The highest BCUT2D eigenvalue weighted by molar-refractivity contribution is 6.30. The van der Waals surface area contributed by atoms with Gasteiger partial charge in [0.1, 0.15) is 35.1 Å². The second-order valence-electron chi connectivity index (χ2n) is 11.1. The largest absolute Gasteiger partial charge is 0.494 e.